The minimum atomic E-state index is -0.153. The summed E-state index contributed by atoms with van der Waals surface area (Å²) in [5, 5.41) is 6.27. The Hall–Kier alpha value is -2.47. The predicted octanol–water partition coefficient (Wildman–Crippen LogP) is 3.26. The molecule has 0 saturated carbocycles. The Morgan fingerprint density at radius 3 is 2.91 bits per heavy atom. The lowest BCUT2D eigenvalue weighted by Gasteiger charge is -2.06. The molecule has 3 aromatic rings. The summed E-state index contributed by atoms with van der Waals surface area (Å²) in [7, 11) is 0. The molecule has 2 heterocycles. The predicted molar refractivity (Wildman–Crippen MR) is 92.8 cm³/mol. The van der Waals surface area contributed by atoms with Crippen LogP contribution in [0.2, 0.25) is 0 Å². The highest BCUT2D eigenvalue weighted by molar-refractivity contribution is 7.15. The van der Waals surface area contributed by atoms with Crippen molar-refractivity contribution in [3.63, 3.8) is 0 Å². The summed E-state index contributed by atoms with van der Waals surface area (Å²) in [6.45, 7) is 2.10. The molecule has 0 aliphatic heterocycles. The quantitative estimate of drug-likeness (QED) is 0.558. The molecule has 23 heavy (non-hydrogen) atoms. The van der Waals surface area contributed by atoms with E-state index in [0.717, 1.165) is 34.8 Å². The largest absolute Gasteiger partial charge is 0.297 e. The second-order valence-electron chi connectivity index (χ2n) is 5.21. The number of amides is 1. The zero-order valence-corrected chi connectivity index (χ0v) is 13.7. The number of fused-ring (bicyclic) bond motifs is 1. The fraction of sp³-hybridized carbons (Fsp3) is 0.235. The molecule has 0 atom stereocenters. The maximum absolute atomic E-state index is 12.1. The first kappa shape index (κ1) is 15.4. The third-order valence-corrected chi connectivity index (χ3v) is 4.16. The average molecular weight is 326 g/mol. The van der Waals surface area contributed by atoms with Gasteiger partial charge >= 0.3 is 0 Å². The van der Waals surface area contributed by atoms with Gasteiger partial charge in [0, 0.05) is 17.8 Å². The SMILES string of the molecule is CCC/C(=N\NC(=O)Cc1cn2ccsc2n1)c1ccccc1. The Bertz CT molecular complexity index is 791. The van der Waals surface area contributed by atoms with Crippen LogP contribution in [0.15, 0.2) is 53.2 Å². The van der Waals surface area contributed by atoms with Crippen molar-refractivity contribution in [2.75, 3.05) is 0 Å². The Morgan fingerprint density at radius 1 is 1.35 bits per heavy atom. The molecule has 0 bridgehead atoms. The summed E-state index contributed by atoms with van der Waals surface area (Å²) in [4.78, 5) is 17.4. The van der Waals surface area contributed by atoms with Crippen LogP contribution in [0.4, 0.5) is 0 Å². The van der Waals surface area contributed by atoms with Crippen molar-refractivity contribution >= 4 is 27.9 Å². The topological polar surface area (TPSA) is 58.8 Å². The summed E-state index contributed by atoms with van der Waals surface area (Å²) >= 11 is 1.55. The van der Waals surface area contributed by atoms with E-state index in [1.54, 1.807) is 11.3 Å². The highest BCUT2D eigenvalue weighted by Gasteiger charge is 2.09. The van der Waals surface area contributed by atoms with Gasteiger partial charge in [-0.3, -0.25) is 9.20 Å². The van der Waals surface area contributed by atoms with E-state index in [1.165, 1.54) is 0 Å². The third-order valence-electron chi connectivity index (χ3n) is 3.39. The molecular weight excluding hydrogens is 308 g/mol. The number of imidazole rings is 1. The van der Waals surface area contributed by atoms with Crippen molar-refractivity contribution in [2.24, 2.45) is 5.10 Å². The van der Waals surface area contributed by atoms with Gasteiger partial charge < -0.3 is 0 Å². The molecule has 1 N–H and O–H groups in total. The first-order valence-electron chi connectivity index (χ1n) is 7.58. The van der Waals surface area contributed by atoms with E-state index in [4.69, 9.17) is 0 Å². The highest BCUT2D eigenvalue weighted by atomic mass is 32.1. The van der Waals surface area contributed by atoms with Crippen LogP contribution in [0.25, 0.3) is 4.96 Å². The monoisotopic (exact) mass is 326 g/mol. The van der Waals surface area contributed by atoms with Gasteiger partial charge in [0.25, 0.3) is 0 Å². The number of nitrogens with one attached hydrogen (secondary N) is 1. The summed E-state index contributed by atoms with van der Waals surface area (Å²) in [6, 6.07) is 9.92. The maximum atomic E-state index is 12.1. The average Bonchev–Trinajstić information content (AvgIpc) is 3.13. The fourth-order valence-corrected chi connectivity index (χ4v) is 3.05. The number of carbonyl (C=O) groups excluding carboxylic acids is 1. The van der Waals surface area contributed by atoms with Crippen LogP contribution in [0.5, 0.6) is 0 Å². The molecule has 118 valence electrons. The first-order valence-corrected chi connectivity index (χ1v) is 8.46. The minimum Gasteiger partial charge on any atom is -0.297 e. The van der Waals surface area contributed by atoms with Crippen LogP contribution in [0, 0.1) is 0 Å². The number of nitrogens with zero attached hydrogens (tertiary/aromatic N) is 3. The molecule has 5 nitrogen and oxygen atoms in total. The molecule has 0 aliphatic carbocycles. The molecule has 1 amide bonds. The number of hydrogen-bond donors (Lipinski definition) is 1. The molecule has 0 unspecified atom stereocenters. The van der Waals surface area contributed by atoms with E-state index in [1.807, 2.05) is 52.5 Å². The standard InChI is InChI=1S/C17H18N4OS/c1-2-6-15(13-7-4-3-5-8-13)19-20-16(22)11-14-12-21-9-10-23-17(21)18-14/h3-5,7-10,12H,2,6,11H2,1H3,(H,20,22)/b19-15+. The molecular formula is C17H18N4OS. The zero-order chi connectivity index (χ0) is 16.1. The van der Waals surface area contributed by atoms with Gasteiger partial charge in [-0.2, -0.15) is 5.10 Å². The number of thiazole rings is 1. The molecule has 0 spiro atoms. The lowest BCUT2D eigenvalue weighted by atomic mass is 10.1. The van der Waals surface area contributed by atoms with Gasteiger partial charge in [0.05, 0.1) is 17.8 Å². The van der Waals surface area contributed by atoms with E-state index in [9.17, 15) is 4.79 Å². The van der Waals surface area contributed by atoms with Crippen LogP contribution >= 0.6 is 11.3 Å². The van der Waals surface area contributed by atoms with E-state index < -0.39 is 0 Å². The number of benzene rings is 1. The number of rotatable bonds is 6. The smallest absolute Gasteiger partial charge is 0.246 e. The summed E-state index contributed by atoms with van der Waals surface area (Å²) in [5.41, 5.74) is 5.34. The number of hydrogen-bond acceptors (Lipinski definition) is 4. The molecule has 0 saturated heterocycles. The van der Waals surface area contributed by atoms with Crippen LogP contribution in [0.3, 0.4) is 0 Å². The summed E-state index contributed by atoms with van der Waals surface area (Å²) in [6.07, 6.45) is 5.83. The Morgan fingerprint density at radius 2 is 2.17 bits per heavy atom. The van der Waals surface area contributed by atoms with E-state index in [-0.39, 0.29) is 12.3 Å². The van der Waals surface area contributed by atoms with Crippen molar-refractivity contribution in [3.8, 4) is 0 Å². The van der Waals surface area contributed by atoms with Gasteiger partial charge in [-0.25, -0.2) is 10.4 Å². The molecule has 1 aromatic carbocycles. The van der Waals surface area contributed by atoms with E-state index in [2.05, 4.69) is 22.4 Å². The highest BCUT2D eigenvalue weighted by Crippen LogP contribution is 2.11. The molecule has 0 radical (unpaired) electrons. The van der Waals surface area contributed by atoms with E-state index >= 15 is 0 Å². The fourth-order valence-electron chi connectivity index (χ4n) is 2.33. The van der Waals surface area contributed by atoms with E-state index in [0.29, 0.717) is 0 Å². The number of hydrazone groups is 1. The van der Waals surface area contributed by atoms with Crippen LogP contribution < -0.4 is 5.43 Å². The maximum Gasteiger partial charge on any atom is 0.246 e. The third kappa shape index (κ3) is 3.84. The molecule has 3 rings (SSSR count). The lowest BCUT2D eigenvalue weighted by molar-refractivity contribution is -0.120. The lowest BCUT2D eigenvalue weighted by Crippen LogP contribution is -2.22. The van der Waals surface area contributed by atoms with Crippen LogP contribution in [0.1, 0.15) is 31.0 Å². The van der Waals surface area contributed by atoms with Crippen molar-refractivity contribution < 1.29 is 4.79 Å². The van der Waals surface area contributed by atoms with Gasteiger partial charge in [-0.1, -0.05) is 43.7 Å². The zero-order valence-electron chi connectivity index (χ0n) is 12.9. The molecule has 0 fully saturated rings. The summed E-state index contributed by atoms with van der Waals surface area (Å²) < 4.78 is 1.92. The van der Waals surface area contributed by atoms with Crippen molar-refractivity contribution in [2.45, 2.75) is 26.2 Å². The van der Waals surface area contributed by atoms with Crippen molar-refractivity contribution in [1.82, 2.24) is 14.8 Å². The Labute approximate surface area is 138 Å². The normalized spacial score (nSPS) is 11.8. The first-order chi connectivity index (χ1) is 11.3. The summed E-state index contributed by atoms with van der Waals surface area (Å²) in [5.74, 6) is -0.153. The van der Waals surface area contributed by atoms with Crippen LogP contribution in [-0.2, 0) is 11.2 Å². The molecule has 0 aliphatic rings. The second kappa shape index (κ2) is 7.19. The van der Waals surface area contributed by atoms with Gasteiger partial charge in [0.2, 0.25) is 5.91 Å². The second-order valence-corrected chi connectivity index (χ2v) is 6.08. The van der Waals surface area contributed by atoms with Gasteiger partial charge in [-0.05, 0) is 12.0 Å². The molecule has 2 aromatic heterocycles. The Kier molecular flexibility index (Phi) is 4.83. The van der Waals surface area contributed by atoms with Crippen molar-refractivity contribution in [1.29, 1.82) is 0 Å². The molecule has 6 heteroatoms. The van der Waals surface area contributed by atoms with Gasteiger partial charge in [0.1, 0.15) is 0 Å². The Balaban J connectivity index is 1.66. The van der Waals surface area contributed by atoms with Gasteiger partial charge in [-0.15, -0.1) is 11.3 Å². The number of aromatic nitrogens is 2. The minimum absolute atomic E-state index is 0.153. The van der Waals surface area contributed by atoms with Crippen molar-refractivity contribution in [3.05, 3.63) is 59.4 Å². The number of carbonyl (C=O) groups is 1. The van der Waals surface area contributed by atoms with Crippen LogP contribution in [-0.4, -0.2) is 21.0 Å². The van der Waals surface area contributed by atoms with Gasteiger partial charge in [0.15, 0.2) is 4.96 Å².